The van der Waals surface area contributed by atoms with Crippen molar-refractivity contribution in [1.29, 1.82) is 0 Å². The number of nitrogens with zero attached hydrogens (tertiary/aromatic N) is 1. The molecule has 0 fully saturated rings. The second-order valence-electron chi connectivity index (χ2n) is 2.39. The normalized spacial score (nSPS) is 12.5. The second kappa shape index (κ2) is 5.85. The Hall–Kier alpha value is -0.900. The van der Waals surface area contributed by atoms with Gasteiger partial charge in [-0.15, -0.1) is 0 Å². The molecule has 0 aliphatic heterocycles. The molecule has 0 aromatic rings. The van der Waals surface area contributed by atoms with Gasteiger partial charge in [0.2, 0.25) is 0 Å². The molecule has 0 saturated heterocycles. The Bertz CT molecular complexity index is 136. The standard InChI is InChI=1S/C7H14N2O2/c1-9-5-3-2-4-6(8)7(10)11/h6H,1-5,8H2,(H,10,11)/t6-/m1/s1. The number of hydrogen-bond acceptors (Lipinski definition) is 3. The number of hydrogen-bond donors (Lipinski definition) is 2. The van der Waals surface area contributed by atoms with E-state index in [2.05, 4.69) is 11.7 Å². The Morgan fingerprint density at radius 2 is 2.27 bits per heavy atom. The van der Waals surface area contributed by atoms with Crippen LogP contribution in [0.5, 0.6) is 0 Å². The molecule has 0 amide bonds. The second-order valence-corrected chi connectivity index (χ2v) is 2.39. The van der Waals surface area contributed by atoms with E-state index in [0.29, 0.717) is 13.0 Å². The maximum Gasteiger partial charge on any atom is 0.320 e. The van der Waals surface area contributed by atoms with Crippen molar-refractivity contribution in [3.05, 3.63) is 0 Å². The Morgan fingerprint density at radius 3 is 2.73 bits per heavy atom. The summed E-state index contributed by atoms with van der Waals surface area (Å²) in [5.74, 6) is -0.934. The molecule has 64 valence electrons. The van der Waals surface area contributed by atoms with Gasteiger partial charge in [0.25, 0.3) is 0 Å². The van der Waals surface area contributed by atoms with Gasteiger partial charge in [-0.05, 0) is 26.0 Å². The van der Waals surface area contributed by atoms with Gasteiger partial charge in [0.1, 0.15) is 6.04 Å². The fourth-order valence-corrected chi connectivity index (χ4v) is 0.711. The van der Waals surface area contributed by atoms with Gasteiger partial charge in [-0.2, -0.15) is 0 Å². The monoisotopic (exact) mass is 158 g/mol. The highest BCUT2D eigenvalue weighted by Gasteiger charge is 2.09. The van der Waals surface area contributed by atoms with Gasteiger partial charge in [0, 0.05) is 6.54 Å². The SMILES string of the molecule is C=NCCCC[C@@H](N)C(=O)O. The summed E-state index contributed by atoms with van der Waals surface area (Å²) in [6.07, 6.45) is 2.18. The lowest BCUT2D eigenvalue weighted by atomic mass is 10.1. The van der Waals surface area contributed by atoms with Crippen molar-refractivity contribution in [1.82, 2.24) is 0 Å². The van der Waals surface area contributed by atoms with E-state index in [0.717, 1.165) is 12.8 Å². The summed E-state index contributed by atoms with van der Waals surface area (Å²) in [4.78, 5) is 13.8. The van der Waals surface area contributed by atoms with Crippen LogP contribution in [0, 0.1) is 0 Å². The Morgan fingerprint density at radius 1 is 1.64 bits per heavy atom. The number of carboxylic acids is 1. The highest BCUT2D eigenvalue weighted by molar-refractivity contribution is 5.72. The topological polar surface area (TPSA) is 75.7 Å². The van der Waals surface area contributed by atoms with E-state index in [1.54, 1.807) is 0 Å². The molecule has 0 heterocycles. The predicted molar refractivity (Wildman–Crippen MR) is 43.9 cm³/mol. The molecule has 1 atom stereocenters. The van der Waals surface area contributed by atoms with Crippen LogP contribution in [-0.4, -0.2) is 30.4 Å². The van der Waals surface area contributed by atoms with E-state index < -0.39 is 12.0 Å². The minimum atomic E-state index is -0.934. The average Bonchev–Trinajstić information content (AvgIpc) is 1.97. The summed E-state index contributed by atoms with van der Waals surface area (Å²) in [5, 5.41) is 8.38. The molecule has 0 aliphatic rings. The number of nitrogens with two attached hydrogens (primary N) is 1. The Labute approximate surface area is 66.1 Å². The number of aliphatic carboxylic acids is 1. The quantitative estimate of drug-likeness (QED) is 0.430. The fraction of sp³-hybridized carbons (Fsp3) is 0.714. The summed E-state index contributed by atoms with van der Waals surface area (Å²) in [7, 11) is 0. The average molecular weight is 158 g/mol. The summed E-state index contributed by atoms with van der Waals surface area (Å²) >= 11 is 0. The van der Waals surface area contributed by atoms with Crippen LogP contribution < -0.4 is 5.73 Å². The molecule has 3 N–H and O–H groups in total. The first-order valence-corrected chi connectivity index (χ1v) is 3.59. The van der Waals surface area contributed by atoms with E-state index in [1.807, 2.05) is 0 Å². The van der Waals surface area contributed by atoms with E-state index in [-0.39, 0.29) is 0 Å². The van der Waals surface area contributed by atoms with Gasteiger partial charge in [0.15, 0.2) is 0 Å². The van der Waals surface area contributed by atoms with Crippen LogP contribution in [0.15, 0.2) is 4.99 Å². The van der Waals surface area contributed by atoms with Crippen LogP contribution in [0.25, 0.3) is 0 Å². The van der Waals surface area contributed by atoms with Crippen molar-refractivity contribution in [2.75, 3.05) is 6.54 Å². The summed E-state index contributed by atoms with van der Waals surface area (Å²) < 4.78 is 0. The molecule has 0 aliphatic carbocycles. The minimum Gasteiger partial charge on any atom is -0.480 e. The lowest BCUT2D eigenvalue weighted by Gasteiger charge is -2.03. The van der Waals surface area contributed by atoms with E-state index in [1.165, 1.54) is 0 Å². The fourth-order valence-electron chi connectivity index (χ4n) is 0.711. The first-order valence-electron chi connectivity index (χ1n) is 3.59. The minimum absolute atomic E-state index is 0.519. The molecule has 0 spiro atoms. The third-order valence-electron chi connectivity index (χ3n) is 1.40. The first-order chi connectivity index (χ1) is 5.18. The highest BCUT2D eigenvalue weighted by Crippen LogP contribution is 1.98. The van der Waals surface area contributed by atoms with Crippen LogP contribution in [0.3, 0.4) is 0 Å². The van der Waals surface area contributed by atoms with E-state index in [4.69, 9.17) is 10.8 Å². The van der Waals surface area contributed by atoms with Gasteiger partial charge in [-0.25, -0.2) is 0 Å². The summed E-state index contributed by atoms with van der Waals surface area (Å²) in [6.45, 7) is 4.00. The van der Waals surface area contributed by atoms with E-state index >= 15 is 0 Å². The van der Waals surface area contributed by atoms with Crippen LogP contribution in [0.1, 0.15) is 19.3 Å². The van der Waals surface area contributed by atoms with Crippen molar-refractivity contribution in [2.45, 2.75) is 25.3 Å². The zero-order valence-electron chi connectivity index (χ0n) is 6.49. The molecule has 0 unspecified atom stereocenters. The molecule has 4 nitrogen and oxygen atoms in total. The van der Waals surface area contributed by atoms with Crippen molar-refractivity contribution in [3.8, 4) is 0 Å². The van der Waals surface area contributed by atoms with Gasteiger partial charge >= 0.3 is 5.97 Å². The van der Waals surface area contributed by atoms with Crippen LogP contribution >= 0.6 is 0 Å². The number of rotatable bonds is 6. The van der Waals surface area contributed by atoms with Crippen LogP contribution in [0.2, 0.25) is 0 Å². The van der Waals surface area contributed by atoms with Crippen molar-refractivity contribution < 1.29 is 9.90 Å². The van der Waals surface area contributed by atoms with Crippen molar-refractivity contribution in [3.63, 3.8) is 0 Å². The molecule has 4 heteroatoms. The summed E-state index contributed by atoms with van der Waals surface area (Å²) in [5.41, 5.74) is 5.25. The van der Waals surface area contributed by atoms with Gasteiger partial charge in [-0.3, -0.25) is 4.79 Å². The predicted octanol–water partition coefficient (Wildman–Crippen LogP) is 0.269. The van der Waals surface area contributed by atoms with E-state index in [9.17, 15) is 4.79 Å². The van der Waals surface area contributed by atoms with Crippen LogP contribution in [-0.2, 0) is 4.79 Å². The zero-order chi connectivity index (χ0) is 8.69. The summed E-state index contributed by atoms with van der Waals surface area (Å²) in [6, 6.07) is -0.722. The largest absolute Gasteiger partial charge is 0.480 e. The lowest BCUT2D eigenvalue weighted by molar-refractivity contribution is -0.138. The van der Waals surface area contributed by atoms with Crippen molar-refractivity contribution >= 4 is 12.7 Å². The van der Waals surface area contributed by atoms with Crippen molar-refractivity contribution in [2.24, 2.45) is 10.7 Å². The number of carboxylic acid groups (broad SMARTS) is 1. The molecular formula is C7H14N2O2. The molecule has 0 aromatic carbocycles. The van der Waals surface area contributed by atoms with Gasteiger partial charge < -0.3 is 15.8 Å². The highest BCUT2D eigenvalue weighted by atomic mass is 16.4. The van der Waals surface area contributed by atoms with Gasteiger partial charge in [-0.1, -0.05) is 0 Å². The Kier molecular flexibility index (Phi) is 5.37. The third-order valence-corrected chi connectivity index (χ3v) is 1.40. The molecule has 0 aromatic heterocycles. The molecule has 0 saturated carbocycles. The molecular weight excluding hydrogens is 144 g/mol. The maximum absolute atomic E-state index is 10.2. The lowest BCUT2D eigenvalue weighted by Crippen LogP contribution is -2.29. The number of unbranched alkanes of at least 4 members (excludes halogenated alkanes) is 1. The third kappa shape index (κ3) is 5.54. The first kappa shape index (κ1) is 10.1. The number of carbonyl (C=O) groups is 1. The molecule has 0 rings (SSSR count). The Balaban J connectivity index is 3.24. The maximum atomic E-state index is 10.2. The zero-order valence-corrected chi connectivity index (χ0v) is 6.49. The van der Waals surface area contributed by atoms with Crippen LogP contribution in [0.4, 0.5) is 0 Å². The molecule has 0 radical (unpaired) electrons. The van der Waals surface area contributed by atoms with Gasteiger partial charge in [0.05, 0.1) is 0 Å². The number of aliphatic imine (C=N–C) groups is 1. The molecule has 0 bridgehead atoms. The molecule has 11 heavy (non-hydrogen) atoms. The smallest absolute Gasteiger partial charge is 0.320 e.